The minimum Gasteiger partial charge on any atom is -0.497 e. The van der Waals surface area contributed by atoms with Crippen molar-refractivity contribution in [2.45, 2.75) is 40.2 Å². The number of carbonyl (C=O) groups excluding carboxylic acids is 1. The van der Waals surface area contributed by atoms with Crippen LogP contribution in [0, 0.1) is 20.8 Å². The standard InChI is InChI=1S/C23H25N3O4S/c1-13-11-26-19(15(3)24-23(26)31-13)12-25(4)21(27)9-8-18-14(2)17-7-6-16(29-5)10-20(17)30-22(18)28/h6-7,10-11H,8-9,12H2,1-5H3. The van der Waals surface area contributed by atoms with Crippen molar-refractivity contribution in [1.29, 1.82) is 0 Å². The molecule has 0 atom stereocenters. The Morgan fingerprint density at radius 1 is 1.29 bits per heavy atom. The van der Waals surface area contributed by atoms with Crippen molar-refractivity contribution in [2.24, 2.45) is 0 Å². The molecule has 4 rings (SSSR count). The number of methoxy groups -OCH3 is 1. The maximum atomic E-state index is 12.8. The van der Waals surface area contributed by atoms with Crippen LogP contribution in [0.25, 0.3) is 15.9 Å². The van der Waals surface area contributed by atoms with E-state index in [4.69, 9.17) is 9.15 Å². The molecule has 4 aromatic rings. The molecule has 0 aliphatic rings. The van der Waals surface area contributed by atoms with E-state index in [0.717, 1.165) is 27.3 Å². The minimum atomic E-state index is -0.407. The summed E-state index contributed by atoms with van der Waals surface area (Å²) in [6, 6.07) is 5.41. The van der Waals surface area contributed by atoms with E-state index in [1.165, 1.54) is 4.88 Å². The fourth-order valence-electron chi connectivity index (χ4n) is 3.83. The van der Waals surface area contributed by atoms with Gasteiger partial charge in [-0.1, -0.05) is 0 Å². The van der Waals surface area contributed by atoms with Gasteiger partial charge in [-0.2, -0.15) is 0 Å². The second kappa shape index (κ2) is 8.19. The summed E-state index contributed by atoms with van der Waals surface area (Å²) in [6.45, 7) is 6.36. The van der Waals surface area contributed by atoms with Crippen LogP contribution < -0.4 is 10.4 Å². The number of fused-ring (bicyclic) bond motifs is 2. The van der Waals surface area contributed by atoms with E-state index in [1.807, 2.05) is 39.1 Å². The molecule has 7 nitrogen and oxygen atoms in total. The van der Waals surface area contributed by atoms with Crippen molar-refractivity contribution >= 4 is 33.2 Å². The molecule has 0 saturated heterocycles. The molecular formula is C23H25N3O4S. The Bertz CT molecular complexity index is 1350. The molecule has 0 radical (unpaired) electrons. The zero-order chi connectivity index (χ0) is 22.3. The number of carbonyl (C=O) groups is 1. The van der Waals surface area contributed by atoms with Crippen LogP contribution in [-0.2, 0) is 17.8 Å². The summed E-state index contributed by atoms with van der Waals surface area (Å²) in [4.78, 5) is 33.7. The molecule has 1 aromatic carbocycles. The fraction of sp³-hybridized carbons (Fsp3) is 0.348. The smallest absolute Gasteiger partial charge is 0.339 e. The highest BCUT2D eigenvalue weighted by Crippen LogP contribution is 2.25. The molecule has 3 aromatic heterocycles. The number of rotatable bonds is 6. The molecule has 0 bridgehead atoms. The fourth-order valence-corrected chi connectivity index (χ4v) is 4.72. The first-order valence-corrected chi connectivity index (χ1v) is 10.9. The van der Waals surface area contributed by atoms with Crippen LogP contribution in [0.3, 0.4) is 0 Å². The number of nitrogens with zero attached hydrogens (tertiary/aromatic N) is 3. The van der Waals surface area contributed by atoms with Crippen molar-refractivity contribution in [1.82, 2.24) is 14.3 Å². The van der Waals surface area contributed by atoms with Crippen LogP contribution in [0.4, 0.5) is 0 Å². The van der Waals surface area contributed by atoms with Gasteiger partial charge in [0, 0.05) is 41.6 Å². The van der Waals surface area contributed by atoms with E-state index < -0.39 is 5.63 Å². The maximum Gasteiger partial charge on any atom is 0.339 e. The average molecular weight is 440 g/mol. The van der Waals surface area contributed by atoms with Crippen LogP contribution in [0.15, 0.2) is 33.6 Å². The van der Waals surface area contributed by atoms with Crippen molar-refractivity contribution in [3.63, 3.8) is 0 Å². The van der Waals surface area contributed by atoms with Gasteiger partial charge >= 0.3 is 5.63 Å². The highest BCUT2D eigenvalue weighted by atomic mass is 32.1. The monoisotopic (exact) mass is 439 g/mol. The molecule has 0 spiro atoms. The predicted molar refractivity (Wildman–Crippen MR) is 121 cm³/mol. The molecule has 3 heterocycles. The first kappa shape index (κ1) is 21.1. The summed E-state index contributed by atoms with van der Waals surface area (Å²) in [5.41, 5.74) is 3.39. The number of hydrogen-bond acceptors (Lipinski definition) is 6. The summed E-state index contributed by atoms with van der Waals surface area (Å²) in [5.74, 6) is 0.597. The van der Waals surface area contributed by atoms with E-state index in [2.05, 4.69) is 9.38 Å². The Morgan fingerprint density at radius 3 is 2.81 bits per heavy atom. The summed E-state index contributed by atoms with van der Waals surface area (Å²) in [7, 11) is 3.35. The van der Waals surface area contributed by atoms with E-state index in [1.54, 1.807) is 36.5 Å². The minimum absolute atomic E-state index is 0.0325. The zero-order valence-electron chi connectivity index (χ0n) is 18.3. The van der Waals surface area contributed by atoms with Gasteiger partial charge in [0.1, 0.15) is 11.3 Å². The number of benzene rings is 1. The lowest BCUT2D eigenvalue weighted by atomic mass is 10.0. The SMILES string of the molecule is COc1ccc2c(C)c(CCC(=O)N(C)Cc3c(C)nc4sc(C)cn34)c(=O)oc2c1. The van der Waals surface area contributed by atoms with E-state index >= 15 is 0 Å². The second-order valence-electron chi connectivity index (χ2n) is 7.74. The molecule has 1 amide bonds. The molecule has 0 saturated carbocycles. The number of aryl methyl sites for hydroxylation is 3. The van der Waals surface area contributed by atoms with E-state index in [9.17, 15) is 9.59 Å². The van der Waals surface area contributed by atoms with Gasteiger partial charge in [-0.05, 0) is 44.9 Å². The lowest BCUT2D eigenvalue weighted by Gasteiger charge is -2.17. The van der Waals surface area contributed by atoms with Crippen molar-refractivity contribution in [3.8, 4) is 5.75 Å². The highest BCUT2D eigenvalue weighted by Gasteiger charge is 2.18. The first-order chi connectivity index (χ1) is 14.8. The average Bonchev–Trinajstić information content (AvgIpc) is 3.22. The lowest BCUT2D eigenvalue weighted by molar-refractivity contribution is -0.130. The summed E-state index contributed by atoms with van der Waals surface area (Å²) >= 11 is 1.63. The molecular weight excluding hydrogens is 414 g/mol. The van der Waals surface area contributed by atoms with Gasteiger partial charge in [0.2, 0.25) is 5.91 Å². The normalized spacial score (nSPS) is 11.4. The molecule has 0 unspecified atom stereocenters. The Morgan fingerprint density at radius 2 is 2.06 bits per heavy atom. The van der Waals surface area contributed by atoms with Crippen LogP contribution in [0.5, 0.6) is 5.75 Å². The quantitative estimate of drug-likeness (QED) is 0.424. The Hall–Kier alpha value is -3.13. The van der Waals surface area contributed by atoms with Gasteiger partial charge in [0.05, 0.1) is 25.0 Å². The van der Waals surface area contributed by atoms with E-state index in [0.29, 0.717) is 29.9 Å². The second-order valence-corrected chi connectivity index (χ2v) is 8.96. The number of imidazole rings is 1. The van der Waals surface area contributed by atoms with Gasteiger partial charge in [-0.3, -0.25) is 9.20 Å². The third-order valence-electron chi connectivity index (χ3n) is 5.64. The van der Waals surface area contributed by atoms with Crippen LogP contribution >= 0.6 is 11.3 Å². The van der Waals surface area contributed by atoms with Gasteiger partial charge in [0.25, 0.3) is 0 Å². The molecule has 0 fully saturated rings. The summed E-state index contributed by atoms with van der Waals surface area (Å²) in [6.07, 6.45) is 2.61. The zero-order valence-corrected chi connectivity index (χ0v) is 19.1. The number of thiazole rings is 1. The van der Waals surface area contributed by atoms with E-state index in [-0.39, 0.29) is 12.3 Å². The van der Waals surface area contributed by atoms with Crippen LogP contribution in [0.1, 0.15) is 33.8 Å². The molecule has 0 aliphatic heterocycles. The topological polar surface area (TPSA) is 77.1 Å². The number of amides is 1. The number of hydrogen-bond donors (Lipinski definition) is 0. The molecule has 8 heteroatoms. The Kier molecular flexibility index (Phi) is 5.58. The van der Waals surface area contributed by atoms with Gasteiger partial charge < -0.3 is 14.1 Å². The predicted octanol–water partition coefficient (Wildman–Crippen LogP) is 4.03. The summed E-state index contributed by atoms with van der Waals surface area (Å²) < 4.78 is 12.7. The highest BCUT2D eigenvalue weighted by molar-refractivity contribution is 7.17. The van der Waals surface area contributed by atoms with Crippen molar-refractivity contribution in [2.75, 3.05) is 14.2 Å². The molecule has 31 heavy (non-hydrogen) atoms. The number of ether oxygens (including phenoxy) is 1. The van der Waals surface area contributed by atoms with Crippen LogP contribution in [0.2, 0.25) is 0 Å². The Labute approximate surface area is 183 Å². The lowest BCUT2D eigenvalue weighted by Crippen LogP contribution is -2.28. The largest absolute Gasteiger partial charge is 0.497 e. The molecule has 0 aliphatic carbocycles. The third kappa shape index (κ3) is 3.95. The first-order valence-electron chi connectivity index (χ1n) is 10.1. The van der Waals surface area contributed by atoms with Crippen LogP contribution in [-0.4, -0.2) is 34.3 Å². The number of aromatic nitrogens is 2. The van der Waals surface area contributed by atoms with Gasteiger partial charge in [0.15, 0.2) is 4.96 Å². The van der Waals surface area contributed by atoms with Gasteiger partial charge in [-0.15, -0.1) is 11.3 Å². The molecule has 162 valence electrons. The summed E-state index contributed by atoms with van der Waals surface area (Å²) in [5, 5.41) is 0.848. The molecule has 0 N–H and O–H groups in total. The van der Waals surface area contributed by atoms with Crippen molar-refractivity contribution < 1.29 is 13.9 Å². The van der Waals surface area contributed by atoms with Crippen molar-refractivity contribution in [3.05, 3.63) is 62.2 Å². The maximum absolute atomic E-state index is 12.8. The Balaban J connectivity index is 1.50. The third-order valence-corrected chi connectivity index (χ3v) is 6.54. The van der Waals surface area contributed by atoms with Gasteiger partial charge in [-0.25, -0.2) is 9.78 Å².